The van der Waals surface area contributed by atoms with E-state index in [0.29, 0.717) is 18.7 Å². The molecule has 1 amide bonds. The minimum atomic E-state index is -0.0827. The Morgan fingerprint density at radius 1 is 1.19 bits per heavy atom. The number of hydrogen-bond donors (Lipinski definition) is 2. The van der Waals surface area contributed by atoms with Crippen LogP contribution in [0, 0.1) is 0 Å². The molecule has 3 aromatic rings. The molecule has 0 spiro atoms. The van der Waals surface area contributed by atoms with E-state index >= 15 is 0 Å². The van der Waals surface area contributed by atoms with Crippen molar-refractivity contribution < 1.29 is 4.79 Å². The quantitative estimate of drug-likeness (QED) is 0.754. The highest BCUT2D eigenvalue weighted by Gasteiger charge is 2.25. The summed E-state index contributed by atoms with van der Waals surface area (Å²) in [6.07, 6.45) is 4.12. The van der Waals surface area contributed by atoms with Crippen LogP contribution in [0.4, 0.5) is 0 Å². The minimum Gasteiger partial charge on any atom is -0.353 e. The number of rotatable bonds is 4. The lowest BCUT2D eigenvalue weighted by atomic mass is 9.93. The normalized spacial score (nSPS) is 16.1. The van der Waals surface area contributed by atoms with Crippen molar-refractivity contribution in [3.8, 4) is 5.82 Å². The summed E-state index contributed by atoms with van der Waals surface area (Å²) in [4.78, 5) is 29.2. The van der Waals surface area contributed by atoms with Gasteiger partial charge in [-0.05, 0) is 37.0 Å². The average Bonchev–Trinajstić information content (AvgIpc) is 3.00. The Balaban J connectivity index is 1.47. The molecule has 6 heteroatoms. The summed E-state index contributed by atoms with van der Waals surface area (Å²) in [5.41, 5.74) is 2.59. The molecule has 0 radical (unpaired) electrons. The summed E-state index contributed by atoms with van der Waals surface area (Å²) in [7, 11) is 0. The number of nitrogens with zero attached hydrogens (tertiary/aromatic N) is 2. The third kappa shape index (κ3) is 3.31. The molecule has 0 aliphatic heterocycles. The summed E-state index contributed by atoms with van der Waals surface area (Å²) in [5.74, 6) is 0.571. The number of carbonyl (C=O) groups excluding carboxylic acids is 1. The van der Waals surface area contributed by atoms with Crippen molar-refractivity contribution in [2.75, 3.05) is 0 Å². The van der Waals surface area contributed by atoms with Crippen molar-refractivity contribution in [2.45, 2.75) is 31.7 Å². The number of carbonyl (C=O) groups is 1. The van der Waals surface area contributed by atoms with Crippen molar-refractivity contribution in [1.29, 1.82) is 0 Å². The first kappa shape index (κ1) is 16.3. The molecular formula is C20H20N4O2. The Kier molecular flexibility index (Phi) is 4.39. The molecule has 4 rings (SSSR count). The van der Waals surface area contributed by atoms with Crippen molar-refractivity contribution in [3.05, 3.63) is 81.9 Å². The van der Waals surface area contributed by atoms with Crippen molar-refractivity contribution >= 4 is 5.91 Å². The second kappa shape index (κ2) is 7.00. The first-order chi connectivity index (χ1) is 12.7. The van der Waals surface area contributed by atoms with E-state index in [1.165, 1.54) is 4.68 Å². The molecule has 6 nitrogen and oxygen atoms in total. The van der Waals surface area contributed by atoms with Crippen molar-refractivity contribution in [1.82, 2.24) is 20.1 Å². The molecule has 0 fully saturated rings. The van der Waals surface area contributed by atoms with Crippen LogP contribution in [-0.2, 0) is 24.1 Å². The fraction of sp³-hybridized carbons (Fsp3) is 0.250. The highest BCUT2D eigenvalue weighted by Crippen LogP contribution is 2.18. The zero-order valence-electron chi connectivity index (χ0n) is 14.3. The van der Waals surface area contributed by atoms with Crippen molar-refractivity contribution in [3.63, 3.8) is 0 Å². The molecule has 1 atom stereocenters. The van der Waals surface area contributed by atoms with Crippen LogP contribution in [0.5, 0.6) is 0 Å². The first-order valence-corrected chi connectivity index (χ1v) is 8.78. The fourth-order valence-corrected chi connectivity index (χ4v) is 3.43. The predicted octanol–water partition coefficient (Wildman–Crippen LogP) is 1.78. The highest BCUT2D eigenvalue weighted by molar-refractivity contribution is 5.78. The van der Waals surface area contributed by atoms with Gasteiger partial charge in [-0.25, -0.2) is 9.67 Å². The maximum absolute atomic E-state index is 12.7. The van der Waals surface area contributed by atoms with Gasteiger partial charge in [0.25, 0.3) is 5.56 Å². The molecule has 132 valence electrons. The topological polar surface area (TPSA) is 79.8 Å². The molecule has 2 heterocycles. The van der Waals surface area contributed by atoms with Crippen LogP contribution in [0.1, 0.15) is 23.2 Å². The lowest BCUT2D eigenvalue weighted by Crippen LogP contribution is -2.40. The SMILES string of the molecule is O=C(Cc1ccccc1)NC1CCc2[nH]n(-c3ccccn3)c(=O)c2C1. The van der Waals surface area contributed by atoms with Gasteiger partial charge in [0.1, 0.15) is 0 Å². The largest absolute Gasteiger partial charge is 0.353 e. The Hall–Kier alpha value is -3.15. The van der Waals surface area contributed by atoms with E-state index in [1.54, 1.807) is 12.3 Å². The van der Waals surface area contributed by atoms with Gasteiger partial charge in [-0.15, -0.1) is 0 Å². The lowest BCUT2D eigenvalue weighted by molar-refractivity contribution is -0.121. The van der Waals surface area contributed by atoms with E-state index in [2.05, 4.69) is 15.4 Å². The van der Waals surface area contributed by atoms with Crippen LogP contribution < -0.4 is 10.9 Å². The molecule has 0 saturated carbocycles. The number of aryl methyl sites for hydroxylation is 1. The number of benzene rings is 1. The molecule has 1 aromatic carbocycles. The van der Waals surface area contributed by atoms with Crippen molar-refractivity contribution in [2.24, 2.45) is 0 Å². The average molecular weight is 348 g/mol. The van der Waals surface area contributed by atoms with Gasteiger partial charge < -0.3 is 5.32 Å². The summed E-state index contributed by atoms with van der Waals surface area (Å²) in [6, 6.07) is 15.1. The monoisotopic (exact) mass is 348 g/mol. The smallest absolute Gasteiger partial charge is 0.276 e. The molecule has 26 heavy (non-hydrogen) atoms. The molecule has 1 aliphatic carbocycles. The van der Waals surface area contributed by atoms with Gasteiger partial charge in [-0.1, -0.05) is 36.4 Å². The maximum Gasteiger partial charge on any atom is 0.276 e. The number of fused-ring (bicyclic) bond motifs is 1. The van der Waals surface area contributed by atoms with Gasteiger partial charge in [-0.3, -0.25) is 14.7 Å². The van der Waals surface area contributed by atoms with Crippen LogP contribution in [0.15, 0.2) is 59.5 Å². The second-order valence-corrected chi connectivity index (χ2v) is 6.57. The number of aromatic amines is 1. The Morgan fingerprint density at radius 2 is 2.00 bits per heavy atom. The third-order valence-corrected chi connectivity index (χ3v) is 4.72. The van der Waals surface area contributed by atoms with E-state index in [0.717, 1.165) is 29.7 Å². The predicted molar refractivity (Wildman–Crippen MR) is 98.3 cm³/mol. The van der Waals surface area contributed by atoms with E-state index in [-0.39, 0.29) is 17.5 Å². The molecule has 0 saturated heterocycles. The van der Waals surface area contributed by atoms with Crippen LogP contribution >= 0.6 is 0 Å². The Bertz CT molecular complexity index is 960. The van der Waals surface area contributed by atoms with Gasteiger partial charge in [0.2, 0.25) is 5.91 Å². The van der Waals surface area contributed by atoms with Gasteiger partial charge in [0, 0.05) is 23.5 Å². The Labute approximate surface area is 150 Å². The molecular weight excluding hydrogens is 328 g/mol. The molecule has 0 bridgehead atoms. The van der Waals surface area contributed by atoms with Crippen LogP contribution in [-0.4, -0.2) is 26.7 Å². The molecule has 2 N–H and O–H groups in total. The number of pyridine rings is 1. The zero-order valence-corrected chi connectivity index (χ0v) is 14.3. The molecule has 1 aliphatic rings. The van der Waals surface area contributed by atoms with Crippen LogP contribution in [0.3, 0.4) is 0 Å². The third-order valence-electron chi connectivity index (χ3n) is 4.72. The maximum atomic E-state index is 12.7. The summed E-state index contributed by atoms with van der Waals surface area (Å²) >= 11 is 0. The number of aromatic nitrogens is 3. The zero-order chi connectivity index (χ0) is 17.9. The van der Waals surface area contributed by atoms with Crippen LogP contribution in [0.2, 0.25) is 0 Å². The Morgan fingerprint density at radius 3 is 2.77 bits per heavy atom. The van der Waals surface area contributed by atoms with E-state index in [4.69, 9.17) is 0 Å². The van der Waals surface area contributed by atoms with Gasteiger partial charge in [0.05, 0.1) is 6.42 Å². The molecule has 1 unspecified atom stereocenters. The van der Waals surface area contributed by atoms with E-state index in [1.807, 2.05) is 42.5 Å². The molecule has 2 aromatic heterocycles. The first-order valence-electron chi connectivity index (χ1n) is 8.78. The van der Waals surface area contributed by atoms with E-state index in [9.17, 15) is 9.59 Å². The van der Waals surface area contributed by atoms with E-state index < -0.39 is 0 Å². The lowest BCUT2D eigenvalue weighted by Gasteiger charge is -2.22. The van der Waals surface area contributed by atoms with Gasteiger partial charge >= 0.3 is 0 Å². The standard InChI is InChI=1S/C20H20N4O2/c25-19(12-14-6-2-1-3-7-14)22-15-9-10-17-16(13-15)20(26)24(23-17)18-8-4-5-11-21-18/h1-8,11,15,23H,9-10,12-13H2,(H,22,25). The summed E-state index contributed by atoms with van der Waals surface area (Å²) < 4.78 is 1.48. The minimum absolute atomic E-state index is 0.00904. The fourth-order valence-electron chi connectivity index (χ4n) is 3.43. The second-order valence-electron chi connectivity index (χ2n) is 6.57. The number of H-pyrrole nitrogens is 1. The van der Waals surface area contributed by atoms with Gasteiger partial charge in [0.15, 0.2) is 5.82 Å². The number of hydrogen-bond acceptors (Lipinski definition) is 3. The summed E-state index contributed by atoms with van der Waals surface area (Å²) in [6.45, 7) is 0. The van der Waals surface area contributed by atoms with Crippen LogP contribution in [0.25, 0.3) is 5.82 Å². The van der Waals surface area contributed by atoms with Gasteiger partial charge in [-0.2, -0.15) is 0 Å². The number of amides is 1. The number of nitrogens with one attached hydrogen (secondary N) is 2. The summed E-state index contributed by atoms with van der Waals surface area (Å²) in [5, 5.41) is 6.23. The highest BCUT2D eigenvalue weighted by atomic mass is 16.1.